The highest BCUT2D eigenvalue weighted by Crippen LogP contribution is 2.44. The number of nitrogens with zero attached hydrogens (tertiary/aromatic N) is 1. The number of fused-ring (bicyclic) bond motifs is 1. The minimum Gasteiger partial charge on any atom is -0.487 e. The first-order chi connectivity index (χ1) is 11.9. The van der Waals surface area contributed by atoms with Crippen LogP contribution in [0.25, 0.3) is 0 Å². The van der Waals surface area contributed by atoms with E-state index in [1.165, 1.54) is 0 Å². The number of carbonyl (C=O) groups is 1. The normalized spacial score (nSPS) is 24.9. The molecule has 5 heteroatoms. The predicted octanol–water partition coefficient (Wildman–Crippen LogP) is 2.61. The van der Waals surface area contributed by atoms with Gasteiger partial charge in [0.25, 0.3) is 0 Å². The molecule has 138 valence electrons. The van der Waals surface area contributed by atoms with Crippen molar-refractivity contribution in [3.63, 3.8) is 0 Å². The summed E-state index contributed by atoms with van der Waals surface area (Å²) in [5.74, 6) is 0.831. The fraction of sp³-hybridized carbons (Fsp3) is 0.650. The molecule has 0 aliphatic carbocycles. The van der Waals surface area contributed by atoms with E-state index in [4.69, 9.17) is 10.5 Å². The third-order valence-corrected chi connectivity index (χ3v) is 5.69. The Morgan fingerprint density at radius 2 is 2.08 bits per heavy atom. The number of piperidine rings is 1. The van der Waals surface area contributed by atoms with Crippen molar-refractivity contribution in [2.24, 2.45) is 5.73 Å². The molecule has 0 saturated carbocycles. The summed E-state index contributed by atoms with van der Waals surface area (Å²) in [5.41, 5.74) is 6.29. The third kappa shape index (κ3) is 3.82. The van der Waals surface area contributed by atoms with Gasteiger partial charge in [0.05, 0.1) is 11.6 Å². The molecule has 2 aliphatic heterocycles. The number of amides is 1. The number of hydrogen-bond donors (Lipinski definition) is 2. The summed E-state index contributed by atoms with van der Waals surface area (Å²) in [6.07, 6.45) is 4.35. The van der Waals surface area contributed by atoms with Crippen LogP contribution in [0.15, 0.2) is 24.3 Å². The molecule has 2 unspecified atom stereocenters. The Kier molecular flexibility index (Phi) is 5.07. The van der Waals surface area contributed by atoms with Crippen molar-refractivity contribution < 1.29 is 9.53 Å². The van der Waals surface area contributed by atoms with E-state index in [9.17, 15) is 4.79 Å². The zero-order chi connectivity index (χ0) is 18.1. The highest BCUT2D eigenvalue weighted by Gasteiger charge is 2.44. The van der Waals surface area contributed by atoms with Crippen LogP contribution in [0.4, 0.5) is 0 Å². The average molecular weight is 345 g/mol. The van der Waals surface area contributed by atoms with Crippen molar-refractivity contribution in [1.29, 1.82) is 0 Å². The van der Waals surface area contributed by atoms with Crippen molar-refractivity contribution in [2.45, 2.75) is 63.1 Å². The van der Waals surface area contributed by atoms with Crippen LogP contribution >= 0.6 is 0 Å². The zero-order valence-corrected chi connectivity index (χ0v) is 15.7. The molecule has 25 heavy (non-hydrogen) atoms. The number of ether oxygens (including phenoxy) is 1. The van der Waals surface area contributed by atoms with Gasteiger partial charge in [-0.05, 0) is 39.3 Å². The highest BCUT2D eigenvalue weighted by molar-refractivity contribution is 5.86. The molecule has 1 spiro atoms. The molecular formula is C20H31N3O2. The largest absolute Gasteiger partial charge is 0.487 e. The summed E-state index contributed by atoms with van der Waals surface area (Å²) in [4.78, 5) is 15.1. The molecule has 2 aliphatic rings. The van der Waals surface area contributed by atoms with Crippen LogP contribution in [0.3, 0.4) is 0 Å². The maximum Gasteiger partial charge on any atom is 0.240 e. The number of benzene rings is 1. The first kappa shape index (κ1) is 18.2. The Balaban J connectivity index is 1.83. The van der Waals surface area contributed by atoms with Gasteiger partial charge in [0.15, 0.2) is 0 Å². The lowest BCUT2D eigenvalue weighted by Gasteiger charge is -2.46. The van der Waals surface area contributed by atoms with Crippen molar-refractivity contribution in [2.75, 3.05) is 20.1 Å². The van der Waals surface area contributed by atoms with Crippen molar-refractivity contribution >= 4 is 5.91 Å². The van der Waals surface area contributed by atoms with Crippen LogP contribution in [-0.2, 0) is 4.79 Å². The lowest BCUT2D eigenvalue weighted by molar-refractivity contribution is -0.127. The van der Waals surface area contributed by atoms with Gasteiger partial charge in [-0.2, -0.15) is 0 Å². The molecule has 1 fully saturated rings. The van der Waals surface area contributed by atoms with Crippen LogP contribution in [0.1, 0.15) is 57.6 Å². The first-order valence-corrected chi connectivity index (χ1v) is 9.41. The Morgan fingerprint density at radius 3 is 2.76 bits per heavy atom. The first-order valence-electron chi connectivity index (χ1n) is 9.41. The lowest BCUT2D eigenvalue weighted by Crippen LogP contribution is -2.55. The van der Waals surface area contributed by atoms with Crippen LogP contribution in [0, 0.1) is 0 Å². The van der Waals surface area contributed by atoms with Crippen molar-refractivity contribution in [3.8, 4) is 5.75 Å². The maximum absolute atomic E-state index is 12.8. The standard InChI is InChI=1S/C20H31N3O2/c1-4-9-19(2,21)18(24)22-16-14-20(10-12-23(3)13-11-20)25-17-8-6-5-7-15(16)17/h5-8,16H,4,9-14,21H2,1-3H3,(H,22,24). The van der Waals surface area contributed by atoms with Gasteiger partial charge in [-0.25, -0.2) is 0 Å². The van der Waals surface area contributed by atoms with Gasteiger partial charge in [-0.3, -0.25) is 4.79 Å². The lowest BCUT2D eigenvalue weighted by atomic mass is 9.80. The zero-order valence-electron chi connectivity index (χ0n) is 15.7. The molecule has 1 amide bonds. The molecule has 2 heterocycles. The van der Waals surface area contributed by atoms with Gasteiger partial charge in [0, 0.05) is 25.1 Å². The molecule has 5 nitrogen and oxygen atoms in total. The Hall–Kier alpha value is -1.59. The molecule has 2 atom stereocenters. The third-order valence-electron chi connectivity index (χ3n) is 5.69. The minimum absolute atomic E-state index is 0.0411. The van der Waals surface area contributed by atoms with Gasteiger partial charge < -0.3 is 20.7 Å². The molecule has 0 aromatic heterocycles. The molecule has 1 saturated heterocycles. The second-order valence-corrected chi connectivity index (χ2v) is 8.02. The smallest absolute Gasteiger partial charge is 0.240 e. The minimum atomic E-state index is -0.831. The number of nitrogens with two attached hydrogens (primary N) is 1. The molecule has 1 aromatic carbocycles. The van der Waals surface area contributed by atoms with Crippen molar-refractivity contribution in [3.05, 3.63) is 29.8 Å². The van der Waals surface area contributed by atoms with E-state index < -0.39 is 5.54 Å². The van der Waals surface area contributed by atoms with Crippen molar-refractivity contribution in [1.82, 2.24) is 10.2 Å². The summed E-state index contributed by atoms with van der Waals surface area (Å²) in [7, 11) is 2.15. The van der Waals surface area contributed by atoms with E-state index in [2.05, 4.69) is 30.3 Å². The van der Waals surface area contributed by atoms with Gasteiger partial charge in [0.2, 0.25) is 5.91 Å². The summed E-state index contributed by atoms with van der Waals surface area (Å²) < 4.78 is 6.44. The number of para-hydroxylation sites is 1. The number of carbonyl (C=O) groups excluding carboxylic acids is 1. The molecule has 0 radical (unpaired) electrons. The summed E-state index contributed by atoms with van der Waals surface area (Å²) in [6, 6.07) is 8.02. The van der Waals surface area contributed by atoms with Gasteiger partial charge in [0.1, 0.15) is 11.4 Å². The second-order valence-electron chi connectivity index (χ2n) is 8.02. The monoisotopic (exact) mass is 345 g/mol. The van der Waals surface area contributed by atoms with E-state index in [1.54, 1.807) is 0 Å². The average Bonchev–Trinajstić information content (AvgIpc) is 2.58. The molecule has 0 bridgehead atoms. The molecular weight excluding hydrogens is 314 g/mol. The van der Waals surface area contributed by atoms with Gasteiger partial charge >= 0.3 is 0 Å². The molecule has 3 N–H and O–H groups in total. The quantitative estimate of drug-likeness (QED) is 0.880. The summed E-state index contributed by atoms with van der Waals surface area (Å²) in [5, 5.41) is 3.23. The number of hydrogen-bond acceptors (Lipinski definition) is 4. The second kappa shape index (κ2) is 6.96. The number of likely N-dealkylation sites (tertiary alicyclic amines) is 1. The van der Waals surface area contributed by atoms with E-state index in [-0.39, 0.29) is 17.6 Å². The Labute approximate surface area is 150 Å². The topological polar surface area (TPSA) is 67.6 Å². The molecule has 3 rings (SSSR count). The van der Waals surface area contributed by atoms with E-state index in [0.717, 1.165) is 50.1 Å². The summed E-state index contributed by atoms with van der Waals surface area (Å²) >= 11 is 0. The van der Waals surface area contributed by atoms with Crippen LogP contribution < -0.4 is 15.8 Å². The van der Waals surface area contributed by atoms with Gasteiger partial charge in [-0.1, -0.05) is 31.5 Å². The Morgan fingerprint density at radius 1 is 1.40 bits per heavy atom. The van der Waals surface area contributed by atoms with Crippen LogP contribution in [-0.4, -0.2) is 42.1 Å². The van der Waals surface area contributed by atoms with Gasteiger partial charge in [-0.15, -0.1) is 0 Å². The summed E-state index contributed by atoms with van der Waals surface area (Å²) in [6.45, 7) is 5.92. The van der Waals surface area contributed by atoms with Crippen LogP contribution in [0.2, 0.25) is 0 Å². The predicted molar refractivity (Wildman–Crippen MR) is 99.5 cm³/mol. The number of rotatable bonds is 4. The fourth-order valence-corrected chi connectivity index (χ4v) is 4.04. The SMILES string of the molecule is CCCC(C)(N)C(=O)NC1CC2(CCN(C)CC2)Oc2ccccc21. The van der Waals surface area contributed by atoms with E-state index >= 15 is 0 Å². The van der Waals surface area contributed by atoms with E-state index in [0.29, 0.717) is 6.42 Å². The van der Waals surface area contributed by atoms with E-state index in [1.807, 2.05) is 25.1 Å². The number of nitrogens with one attached hydrogen (secondary N) is 1. The Bertz CT molecular complexity index is 621. The fourth-order valence-electron chi connectivity index (χ4n) is 4.04. The highest BCUT2D eigenvalue weighted by atomic mass is 16.5. The van der Waals surface area contributed by atoms with Crippen LogP contribution in [0.5, 0.6) is 5.75 Å². The maximum atomic E-state index is 12.8. The molecule has 1 aromatic rings.